The van der Waals surface area contributed by atoms with Crippen molar-refractivity contribution in [1.82, 2.24) is 10.6 Å². The van der Waals surface area contributed by atoms with Gasteiger partial charge in [-0.25, -0.2) is 4.79 Å². The molecule has 2 rings (SSSR count). The Kier molecular flexibility index (Phi) is 4.92. The maximum atomic E-state index is 11.6. The molecule has 1 heterocycles. The predicted molar refractivity (Wildman–Crippen MR) is 75.7 cm³/mol. The Morgan fingerprint density at radius 3 is 2.24 bits per heavy atom. The molecule has 0 saturated carbocycles. The Hall–Kier alpha value is -2.37. The fourth-order valence-electron chi connectivity index (χ4n) is 2.03. The van der Waals surface area contributed by atoms with E-state index in [0.29, 0.717) is 6.61 Å². The van der Waals surface area contributed by atoms with Crippen LogP contribution in [-0.2, 0) is 16.0 Å². The number of nitrogens with one attached hydrogen (secondary N) is 2. The van der Waals surface area contributed by atoms with Crippen LogP contribution in [0.15, 0.2) is 24.3 Å². The predicted octanol–water partition coefficient (Wildman–Crippen LogP) is 1.39. The molecule has 0 unspecified atom stereocenters. The standard InChI is InChI=1S/C15H18N2O4/c1-2-3-8-21-11-6-4-10(5-7-11)9-12-13(18)16-15(20)17-14(12)19/h4-7,12H,2-3,8-9H2,1H3,(H2,16,17,18,19,20). The second-order valence-electron chi connectivity index (χ2n) is 4.91. The van der Waals surface area contributed by atoms with E-state index in [0.717, 1.165) is 24.2 Å². The number of urea groups is 1. The zero-order chi connectivity index (χ0) is 15.2. The number of unbranched alkanes of at least 4 members (excludes halogenated alkanes) is 1. The normalized spacial score (nSPS) is 15.6. The first kappa shape index (κ1) is 15.0. The van der Waals surface area contributed by atoms with E-state index < -0.39 is 23.8 Å². The van der Waals surface area contributed by atoms with Crippen LogP contribution >= 0.6 is 0 Å². The molecular formula is C15H18N2O4. The van der Waals surface area contributed by atoms with Gasteiger partial charge in [-0.15, -0.1) is 0 Å². The second-order valence-corrected chi connectivity index (χ2v) is 4.91. The summed E-state index contributed by atoms with van der Waals surface area (Å²) in [5.41, 5.74) is 0.836. The number of barbiturate groups is 1. The van der Waals surface area contributed by atoms with Crippen LogP contribution in [-0.4, -0.2) is 24.5 Å². The largest absolute Gasteiger partial charge is 0.494 e. The number of imide groups is 2. The van der Waals surface area contributed by atoms with E-state index in [-0.39, 0.29) is 6.42 Å². The Bertz CT molecular complexity index is 519. The highest BCUT2D eigenvalue weighted by molar-refractivity contribution is 6.16. The lowest BCUT2D eigenvalue weighted by molar-refractivity contribution is -0.135. The minimum Gasteiger partial charge on any atom is -0.494 e. The van der Waals surface area contributed by atoms with Crippen LogP contribution in [0.25, 0.3) is 0 Å². The SMILES string of the molecule is CCCCOc1ccc(CC2C(=O)NC(=O)NC2=O)cc1. The summed E-state index contributed by atoms with van der Waals surface area (Å²) < 4.78 is 5.54. The number of rotatable bonds is 6. The van der Waals surface area contributed by atoms with Gasteiger partial charge in [0.2, 0.25) is 11.8 Å². The Morgan fingerprint density at radius 1 is 1.05 bits per heavy atom. The van der Waals surface area contributed by atoms with Crippen LogP contribution < -0.4 is 15.4 Å². The fraction of sp³-hybridized carbons (Fsp3) is 0.400. The molecule has 0 bridgehead atoms. The summed E-state index contributed by atoms with van der Waals surface area (Å²) in [5.74, 6) is -1.24. The zero-order valence-electron chi connectivity index (χ0n) is 11.8. The number of ether oxygens (including phenoxy) is 1. The van der Waals surface area contributed by atoms with Gasteiger partial charge in [0, 0.05) is 0 Å². The smallest absolute Gasteiger partial charge is 0.328 e. The first-order valence-electron chi connectivity index (χ1n) is 6.97. The van der Waals surface area contributed by atoms with Gasteiger partial charge in [0.1, 0.15) is 11.7 Å². The van der Waals surface area contributed by atoms with E-state index in [1.807, 2.05) is 24.3 Å². The summed E-state index contributed by atoms with van der Waals surface area (Å²) in [5, 5.41) is 4.18. The minimum atomic E-state index is -0.880. The van der Waals surface area contributed by atoms with Gasteiger partial charge in [-0.1, -0.05) is 25.5 Å². The second kappa shape index (κ2) is 6.88. The highest BCUT2D eigenvalue weighted by Crippen LogP contribution is 2.17. The van der Waals surface area contributed by atoms with Crippen molar-refractivity contribution in [2.24, 2.45) is 5.92 Å². The van der Waals surface area contributed by atoms with Crippen molar-refractivity contribution in [2.75, 3.05) is 6.61 Å². The number of carbonyl (C=O) groups is 3. The zero-order valence-corrected chi connectivity index (χ0v) is 11.8. The Balaban J connectivity index is 1.95. The van der Waals surface area contributed by atoms with E-state index in [4.69, 9.17) is 4.74 Å². The summed E-state index contributed by atoms with van der Waals surface area (Å²) in [7, 11) is 0. The first-order chi connectivity index (χ1) is 10.1. The molecule has 0 aliphatic carbocycles. The van der Waals surface area contributed by atoms with E-state index in [1.54, 1.807) is 0 Å². The topological polar surface area (TPSA) is 84.5 Å². The maximum Gasteiger partial charge on any atom is 0.328 e. The molecule has 0 aromatic heterocycles. The Morgan fingerprint density at radius 2 is 1.67 bits per heavy atom. The average Bonchev–Trinajstić information content (AvgIpc) is 2.44. The highest BCUT2D eigenvalue weighted by Gasteiger charge is 2.33. The van der Waals surface area contributed by atoms with E-state index in [2.05, 4.69) is 17.6 Å². The average molecular weight is 290 g/mol. The summed E-state index contributed by atoms with van der Waals surface area (Å²) in [6, 6.07) is 6.50. The summed E-state index contributed by atoms with van der Waals surface area (Å²) in [6.07, 6.45) is 2.32. The number of amides is 4. The van der Waals surface area contributed by atoms with Crippen molar-refractivity contribution in [3.8, 4) is 5.75 Å². The molecule has 4 amide bonds. The maximum absolute atomic E-state index is 11.6. The van der Waals surface area contributed by atoms with E-state index >= 15 is 0 Å². The van der Waals surface area contributed by atoms with Crippen molar-refractivity contribution in [3.63, 3.8) is 0 Å². The lowest BCUT2D eigenvalue weighted by Gasteiger charge is -2.20. The molecule has 1 aliphatic heterocycles. The van der Waals surface area contributed by atoms with E-state index in [9.17, 15) is 14.4 Å². The quantitative estimate of drug-likeness (QED) is 0.612. The van der Waals surface area contributed by atoms with Gasteiger partial charge in [0.25, 0.3) is 0 Å². The molecule has 6 heteroatoms. The molecule has 2 N–H and O–H groups in total. The molecule has 112 valence electrons. The third-order valence-corrected chi connectivity index (χ3v) is 3.24. The van der Waals surface area contributed by atoms with E-state index in [1.165, 1.54) is 0 Å². The highest BCUT2D eigenvalue weighted by atomic mass is 16.5. The minimum absolute atomic E-state index is 0.250. The molecular weight excluding hydrogens is 272 g/mol. The van der Waals surface area contributed by atoms with Gasteiger partial charge in [-0.3, -0.25) is 20.2 Å². The molecule has 1 aromatic rings. The van der Waals surface area contributed by atoms with Crippen molar-refractivity contribution < 1.29 is 19.1 Å². The van der Waals surface area contributed by atoms with Gasteiger partial charge >= 0.3 is 6.03 Å². The molecule has 1 aliphatic rings. The van der Waals surface area contributed by atoms with Crippen LogP contribution in [0, 0.1) is 5.92 Å². The van der Waals surface area contributed by atoms with Crippen LogP contribution in [0.2, 0.25) is 0 Å². The first-order valence-corrected chi connectivity index (χ1v) is 6.97. The van der Waals surface area contributed by atoms with Crippen molar-refractivity contribution in [2.45, 2.75) is 26.2 Å². The third-order valence-electron chi connectivity index (χ3n) is 3.24. The lowest BCUT2D eigenvalue weighted by atomic mass is 9.96. The Labute approximate surface area is 122 Å². The molecule has 1 saturated heterocycles. The summed E-state index contributed by atoms with van der Waals surface area (Å²) >= 11 is 0. The molecule has 0 radical (unpaired) electrons. The number of hydrogen-bond acceptors (Lipinski definition) is 4. The monoisotopic (exact) mass is 290 g/mol. The van der Waals surface area contributed by atoms with Crippen molar-refractivity contribution in [3.05, 3.63) is 29.8 Å². The van der Waals surface area contributed by atoms with Crippen LogP contribution in [0.5, 0.6) is 5.75 Å². The molecule has 1 aromatic carbocycles. The van der Waals surface area contributed by atoms with Gasteiger partial charge in [0.15, 0.2) is 0 Å². The summed E-state index contributed by atoms with van der Waals surface area (Å²) in [4.78, 5) is 34.3. The third kappa shape index (κ3) is 4.05. The van der Waals surface area contributed by atoms with Gasteiger partial charge in [-0.2, -0.15) is 0 Å². The molecule has 1 fully saturated rings. The van der Waals surface area contributed by atoms with Crippen molar-refractivity contribution >= 4 is 17.8 Å². The fourth-order valence-corrected chi connectivity index (χ4v) is 2.03. The molecule has 21 heavy (non-hydrogen) atoms. The van der Waals surface area contributed by atoms with Crippen LogP contribution in [0.4, 0.5) is 4.79 Å². The van der Waals surface area contributed by atoms with Crippen molar-refractivity contribution in [1.29, 1.82) is 0 Å². The van der Waals surface area contributed by atoms with Crippen LogP contribution in [0.3, 0.4) is 0 Å². The molecule has 0 spiro atoms. The number of hydrogen-bond donors (Lipinski definition) is 2. The number of carbonyl (C=O) groups excluding carboxylic acids is 3. The molecule has 0 atom stereocenters. The lowest BCUT2D eigenvalue weighted by Crippen LogP contribution is -2.56. The molecule has 6 nitrogen and oxygen atoms in total. The number of benzene rings is 1. The van der Waals surface area contributed by atoms with Gasteiger partial charge in [0.05, 0.1) is 6.61 Å². The van der Waals surface area contributed by atoms with Gasteiger partial charge in [-0.05, 0) is 30.5 Å². The van der Waals surface area contributed by atoms with Crippen LogP contribution in [0.1, 0.15) is 25.3 Å². The summed E-state index contributed by atoms with van der Waals surface area (Å²) in [6.45, 7) is 2.77. The van der Waals surface area contributed by atoms with Gasteiger partial charge < -0.3 is 4.74 Å².